The van der Waals surface area contributed by atoms with E-state index in [9.17, 15) is 4.79 Å². The van der Waals surface area contributed by atoms with Crippen LogP contribution < -0.4 is 16.0 Å². The normalized spacial score (nSPS) is 14.9. The van der Waals surface area contributed by atoms with E-state index in [-0.39, 0.29) is 11.3 Å². The van der Waals surface area contributed by atoms with Crippen LogP contribution in [0.2, 0.25) is 0 Å². The summed E-state index contributed by atoms with van der Waals surface area (Å²) >= 11 is 0. The topological polar surface area (TPSA) is 81.0 Å². The monoisotopic (exact) mass is 197 g/mol. The number of nitrogens with two attached hydrogens (primary N) is 1. The first-order valence-corrected chi connectivity index (χ1v) is 4.44. The van der Waals surface area contributed by atoms with E-state index in [1.54, 1.807) is 0 Å². The summed E-state index contributed by atoms with van der Waals surface area (Å²) in [5.74, 6) is 0.673. The van der Waals surface area contributed by atoms with Gasteiger partial charge in [-0.05, 0) is 13.3 Å². The molecule has 0 bridgehead atoms. The summed E-state index contributed by atoms with van der Waals surface area (Å²) in [4.78, 5) is 18.0. The molecule has 3 N–H and O–H groups in total. The average Bonchev–Trinajstić information content (AvgIpc) is 2.17. The fraction of sp³-hybridized carbons (Fsp3) is 0.556. The van der Waals surface area contributed by atoms with Crippen molar-refractivity contribution in [3.63, 3.8) is 0 Å². The van der Waals surface area contributed by atoms with Gasteiger partial charge in [0.05, 0.1) is 18.8 Å². The molecule has 0 spiro atoms. The van der Waals surface area contributed by atoms with E-state index >= 15 is 0 Å². The van der Waals surface area contributed by atoms with Crippen LogP contribution in [0.1, 0.15) is 26.1 Å². The van der Waals surface area contributed by atoms with Crippen LogP contribution in [0.4, 0.5) is 0 Å². The van der Waals surface area contributed by atoms with E-state index < -0.39 is 5.54 Å². The highest BCUT2D eigenvalue weighted by Crippen LogP contribution is 2.16. The van der Waals surface area contributed by atoms with Gasteiger partial charge in [0.2, 0.25) is 5.75 Å². The van der Waals surface area contributed by atoms with Crippen molar-refractivity contribution in [1.29, 1.82) is 0 Å². The number of nitrogens with one attached hydrogen (secondary N) is 1. The number of ether oxygens (including phenoxy) is 1. The van der Waals surface area contributed by atoms with Gasteiger partial charge >= 0.3 is 0 Å². The summed E-state index contributed by atoms with van der Waals surface area (Å²) in [6.07, 6.45) is 2.08. The summed E-state index contributed by atoms with van der Waals surface area (Å²) in [6.45, 7) is 3.75. The highest BCUT2D eigenvalue weighted by Gasteiger charge is 2.21. The van der Waals surface area contributed by atoms with Crippen LogP contribution in [0, 0.1) is 0 Å². The SMILES string of the molecule is CCC(C)(N)c1ncc(OC)c(=O)[nH]1. The molecule has 0 radical (unpaired) electrons. The summed E-state index contributed by atoms with van der Waals surface area (Å²) in [7, 11) is 1.42. The Morgan fingerprint density at radius 3 is 2.79 bits per heavy atom. The smallest absolute Gasteiger partial charge is 0.293 e. The van der Waals surface area contributed by atoms with Crippen LogP contribution in [0.15, 0.2) is 11.0 Å². The average molecular weight is 197 g/mol. The van der Waals surface area contributed by atoms with Gasteiger partial charge in [0.25, 0.3) is 5.56 Å². The summed E-state index contributed by atoms with van der Waals surface area (Å²) in [6, 6.07) is 0. The van der Waals surface area contributed by atoms with Crippen molar-refractivity contribution in [2.24, 2.45) is 5.73 Å². The first kappa shape index (κ1) is 10.7. The minimum atomic E-state index is -0.606. The van der Waals surface area contributed by atoms with Crippen molar-refractivity contribution < 1.29 is 4.74 Å². The van der Waals surface area contributed by atoms with E-state index in [1.165, 1.54) is 13.3 Å². The second kappa shape index (κ2) is 3.79. The third kappa shape index (κ3) is 1.93. The fourth-order valence-electron chi connectivity index (χ4n) is 0.986. The molecule has 0 amide bonds. The van der Waals surface area contributed by atoms with Crippen LogP contribution in [0.3, 0.4) is 0 Å². The largest absolute Gasteiger partial charge is 0.490 e. The Labute approximate surface area is 82.3 Å². The maximum absolute atomic E-state index is 11.4. The minimum absolute atomic E-state index is 0.195. The van der Waals surface area contributed by atoms with Gasteiger partial charge < -0.3 is 15.5 Å². The van der Waals surface area contributed by atoms with Gasteiger partial charge in [0.15, 0.2) is 0 Å². The van der Waals surface area contributed by atoms with Crippen molar-refractivity contribution in [2.75, 3.05) is 7.11 Å². The van der Waals surface area contributed by atoms with Gasteiger partial charge in [0, 0.05) is 0 Å². The third-order valence-electron chi connectivity index (χ3n) is 2.26. The van der Waals surface area contributed by atoms with E-state index in [0.29, 0.717) is 12.2 Å². The number of H-pyrrole nitrogens is 1. The number of aromatic amines is 1. The number of nitrogens with zero attached hydrogens (tertiary/aromatic N) is 1. The van der Waals surface area contributed by atoms with Crippen molar-refractivity contribution in [1.82, 2.24) is 9.97 Å². The number of hydrogen-bond donors (Lipinski definition) is 2. The molecule has 1 atom stereocenters. The van der Waals surface area contributed by atoms with Crippen molar-refractivity contribution in [2.45, 2.75) is 25.8 Å². The van der Waals surface area contributed by atoms with Crippen LogP contribution >= 0.6 is 0 Å². The lowest BCUT2D eigenvalue weighted by molar-refractivity contribution is 0.396. The molecule has 0 aliphatic heterocycles. The molecule has 0 saturated carbocycles. The second-order valence-electron chi connectivity index (χ2n) is 3.40. The van der Waals surface area contributed by atoms with E-state index in [4.69, 9.17) is 10.5 Å². The van der Waals surface area contributed by atoms with E-state index in [1.807, 2.05) is 13.8 Å². The number of hydrogen-bond acceptors (Lipinski definition) is 4. The maximum atomic E-state index is 11.4. The molecule has 1 heterocycles. The summed E-state index contributed by atoms with van der Waals surface area (Å²) in [5, 5.41) is 0. The molecule has 0 aliphatic rings. The molecule has 78 valence electrons. The molecule has 0 fully saturated rings. The second-order valence-corrected chi connectivity index (χ2v) is 3.40. The lowest BCUT2D eigenvalue weighted by Gasteiger charge is -2.20. The van der Waals surface area contributed by atoms with Crippen LogP contribution in [0.25, 0.3) is 0 Å². The van der Waals surface area contributed by atoms with E-state index in [0.717, 1.165) is 0 Å². The molecule has 1 aromatic rings. The molecular weight excluding hydrogens is 182 g/mol. The van der Waals surface area contributed by atoms with Crippen molar-refractivity contribution in [3.8, 4) is 5.75 Å². The molecule has 14 heavy (non-hydrogen) atoms. The summed E-state index contributed by atoms with van der Waals surface area (Å²) < 4.78 is 4.80. The zero-order valence-corrected chi connectivity index (χ0v) is 8.63. The highest BCUT2D eigenvalue weighted by molar-refractivity contribution is 5.15. The molecule has 1 unspecified atom stereocenters. The predicted molar refractivity (Wildman–Crippen MR) is 53.2 cm³/mol. The zero-order chi connectivity index (χ0) is 10.8. The Morgan fingerprint density at radius 1 is 1.71 bits per heavy atom. The van der Waals surface area contributed by atoms with Crippen LogP contribution in [-0.4, -0.2) is 17.1 Å². The van der Waals surface area contributed by atoms with Gasteiger partial charge in [-0.3, -0.25) is 4.79 Å². The maximum Gasteiger partial charge on any atom is 0.293 e. The van der Waals surface area contributed by atoms with Gasteiger partial charge in [-0.2, -0.15) is 0 Å². The molecule has 0 aliphatic carbocycles. The third-order valence-corrected chi connectivity index (χ3v) is 2.26. The zero-order valence-electron chi connectivity index (χ0n) is 8.63. The number of rotatable bonds is 3. The Morgan fingerprint density at radius 2 is 2.36 bits per heavy atom. The Kier molecular flexibility index (Phi) is 2.90. The van der Waals surface area contributed by atoms with Gasteiger partial charge in [-0.25, -0.2) is 4.98 Å². The minimum Gasteiger partial charge on any atom is -0.490 e. The quantitative estimate of drug-likeness (QED) is 0.733. The Hall–Kier alpha value is -1.36. The Balaban J connectivity index is 3.15. The summed E-state index contributed by atoms with van der Waals surface area (Å²) in [5.41, 5.74) is 5.02. The van der Waals surface area contributed by atoms with Gasteiger partial charge in [-0.1, -0.05) is 6.92 Å². The van der Waals surface area contributed by atoms with Gasteiger partial charge in [0.1, 0.15) is 5.82 Å². The molecular formula is C9H15N3O2. The fourth-order valence-corrected chi connectivity index (χ4v) is 0.986. The highest BCUT2D eigenvalue weighted by atomic mass is 16.5. The lowest BCUT2D eigenvalue weighted by atomic mass is 10.00. The Bertz CT molecular complexity index is 371. The molecule has 5 heteroatoms. The van der Waals surface area contributed by atoms with Crippen LogP contribution in [0.5, 0.6) is 5.75 Å². The van der Waals surface area contributed by atoms with Crippen molar-refractivity contribution >= 4 is 0 Å². The first-order chi connectivity index (χ1) is 6.51. The first-order valence-electron chi connectivity index (χ1n) is 4.44. The van der Waals surface area contributed by atoms with E-state index in [2.05, 4.69) is 9.97 Å². The number of methoxy groups -OCH3 is 1. The molecule has 0 saturated heterocycles. The molecule has 5 nitrogen and oxygen atoms in total. The molecule has 1 rings (SSSR count). The lowest BCUT2D eigenvalue weighted by Crippen LogP contribution is -2.36. The van der Waals surface area contributed by atoms with Crippen molar-refractivity contribution in [3.05, 3.63) is 22.4 Å². The predicted octanol–water partition coefficient (Wildman–Crippen LogP) is 0.362. The number of aromatic nitrogens is 2. The standard InChI is InChI=1S/C9H15N3O2/c1-4-9(2,10)8-11-5-6(14-3)7(13)12-8/h5H,4,10H2,1-3H3,(H,11,12,13). The molecule has 1 aromatic heterocycles. The molecule has 0 aromatic carbocycles. The van der Waals surface area contributed by atoms with Gasteiger partial charge in [-0.15, -0.1) is 0 Å². The van der Waals surface area contributed by atoms with Crippen LogP contribution in [-0.2, 0) is 5.54 Å².